The normalized spacial score (nSPS) is 24.0. The molecule has 0 aromatic carbocycles. The fourth-order valence-electron chi connectivity index (χ4n) is 4.15. The molecular weight excluding hydrogens is 332 g/mol. The van der Waals surface area contributed by atoms with E-state index in [1.165, 1.54) is 31.2 Å². The van der Waals surface area contributed by atoms with E-state index in [1.807, 2.05) is 24.4 Å². The Kier molecular flexibility index (Phi) is 4.72. The number of β-amino-alcohol motifs (C(OH)–C–C–N with tert-alkyl or cyclic N) is 1. The van der Waals surface area contributed by atoms with Crippen LogP contribution in [0, 0.1) is 0 Å². The first-order valence-electron chi connectivity index (χ1n) is 9.04. The second-order valence-electron chi connectivity index (χ2n) is 6.87. The van der Waals surface area contributed by atoms with Gasteiger partial charge in [0.1, 0.15) is 0 Å². The smallest absolute Gasteiger partial charge is 0.170 e. The van der Waals surface area contributed by atoms with E-state index in [9.17, 15) is 5.11 Å². The van der Waals surface area contributed by atoms with Gasteiger partial charge in [-0.15, -0.1) is 0 Å². The lowest BCUT2D eigenvalue weighted by Crippen LogP contribution is -2.32. The van der Waals surface area contributed by atoms with Crippen LogP contribution in [0.4, 0.5) is 0 Å². The molecule has 0 unspecified atom stereocenters. The van der Waals surface area contributed by atoms with Gasteiger partial charge in [-0.2, -0.15) is 0 Å². The summed E-state index contributed by atoms with van der Waals surface area (Å²) in [5, 5.41) is 13.6. The number of thiocarbonyl (C=S) groups is 1. The minimum atomic E-state index is -0.000298. The number of nitrogens with one attached hydrogen (secondary N) is 1. The molecule has 2 aliphatic rings. The van der Waals surface area contributed by atoms with Crippen LogP contribution in [0.15, 0.2) is 42.9 Å². The molecule has 0 amide bonds. The van der Waals surface area contributed by atoms with Crippen LogP contribution in [0.3, 0.4) is 0 Å². The highest BCUT2D eigenvalue weighted by atomic mass is 32.1. The Labute approximate surface area is 153 Å². The van der Waals surface area contributed by atoms with Gasteiger partial charge in [-0.1, -0.05) is 18.9 Å². The summed E-state index contributed by atoms with van der Waals surface area (Å²) in [5.74, 6) is 0. The zero-order valence-corrected chi connectivity index (χ0v) is 15.0. The number of hydrogen-bond acceptors (Lipinski definition) is 3. The zero-order valence-electron chi connectivity index (χ0n) is 14.2. The zero-order chi connectivity index (χ0) is 17.2. The molecule has 1 aliphatic heterocycles. The molecule has 5 nitrogen and oxygen atoms in total. The predicted molar refractivity (Wildman–Crippen MR) is 101 cm³/mol. The molecule has 0 bridgehead atoms. The van der Waals surface area contributed by atoms with Gasteiger partial charge in [-0.3, -0.25) is 4.98 Å². The monoisotopic (exact) mass is 356 g/mol. The molecule has 0 radical (unpaired) electrons. The highest BCUT2D eigenvalue weighted by molar-refractivity contribution is 7.80. The van der Waals surface area contributed by atoms with Gasteiger partial charge >= 0.3 is 0 Å². The van der Waals surface area contributed by atoms with Gasteiger partial charge in [0.25, 0.3) is 0 Å². The quantitative estimate of drug-likeness (QED) is 0.807. The molecule has 2 atom stereocenters. The summed E-state index contributed by atoms with van der Waals surface area (Å²) in [5.41, 5.74) is 2.20. The fraction of sp³-hybridized carbons (Fsp3) is 0.474. The van der Waals surface area contributed by atoms with Gasteiger partial charge in [0.2, 0.25) is 0 Å². The van der Waals surface area contributed by atoms with E-state index >= 15 is 0 Å². The van der Waals surface area contributed by atoms with E-state index in [0.717, 1.165) is 5.69 Å². The number of pyridine rings is 1. The van der Waals surface area contributed by atoms with Crippen LogP contribution in [-0.4, -0.2) is 37.8 Å². The molecule has 2 fully saturated rings. The number of aliphatic hydroxyl groups is 1. The van der Waals surface area contributed by atoms with E-state index in [1.54, 1.807) is 0 Å². The van der Waals surface area contributed by atoms with E-state index < -0.39 is 0 Å². The number of rotatable bonds is 5. The van der Waals surface area contributed by atoms with Crippen LogP contribution >= 0.6 is 12.2 Å². The Morgan fingerprint density at radius 2 is 2.08 bits per heavy atom. The first-order valence-corrected chi connectivity index (χ1v) is 9.45. The maximum absolute atomic E-state index is 9.49. The van der Waals surface area contributed by atoms with Crippen LogP contribution in [0.5, 0.6) is 0 Å². The van der Waals surface area contributed by atoms with Crippen molar-refractivity contribution in [3.63, 3.8) is 0 Å². The topological polar surface area (TPSA) is 53.3 Å². The Bertz CT molecular complexity index is 726. The number of aromatic nitrogens is 2. The summed E-state index contributed by atoms with van der Waals surface area (Å²) >= 11 is 5.54. The van der Waals surface area contributed by atoms with Crippen molar-refractivity contribution < 1.29 is 5.11 Å². The van der Waals surface area contributed by atoms with Gasteiger partial charge < -0.3 is 19.9 Å². The van der Waals surface area contributed by atoms with Gasteiger partial charge in [0.15, 0.2) is 5.11 Å². The molecular formula is C19H24N4OS. The molecule has 4 rings (SSSR count). The van der Waals surface area contributed by atoms with Crippen LogP contribution in [-0.2, 0) is 0 Å². The van der Waals surface area contributed by atoms with Crippen LogP contribution < -0.4 is 5.32 Å². The Morgan fingerprint density at radius 1 is 1.24 bits per heavy atom. The van der Waals surface area contributed by atoms with Crippen molar-refractivity contribution in [3.8, 4) is 0 Å². The first kappa shape index (κ1) is 16.5. The Hall–Kier alpha value is -1.92. The minimum Gasteiger partial charge on any atom is -0.395 e. The molecule has 6 heteroatoms. The van der Waals surface area contributed by atoms with E-state index in [2.05, 4.69) is 38.2 Å². The van der Waals surface area contributed by atoms with Gasteiger partial charge in [-0.05, 0) is 48.8 Å². The lowest BCUT2D eigenvalue weighted by atomic mass is 9.99. The molecule has 2 aromatic rings. The maximum atomic E-state index is 9.49. The number of nitrogens with zero attached hydrogens (tertiary/aromatic N) is 3. The minimum absolute atomic E-state index is 0.000298. The van der Waals surface area contributed by atoms with E-state index in [-0.39, 0.29) is 18.7 Å². The second-order valence-corrected chi connectivity index (χ2v) is 7.26. The number of aliphatic hydroxyl groups excluding tert-OH is 1. The van der Waals surface area contributed by atoms with Crippen molar-refractivity contribution in [2.45, 2.75) is 43.8 Å². The molecule has 1 saturated carbocycles. The molecule has 3 heterocycles. The van der Waals surface area contributed by atoms with E-state index in [0.29, 0.717) is 17.7 Å². The van der Waals surface area contributed by atoms with Crippen LogP contribution in [0.1, 0.15) is 55.1 Å². The highest BCUT2D eigenvalue weighted by Crippen LogP contribution is 2.39. The van der Waals surface area contributed by atoms with Crippen molar-refractivity contribution in [2.24, 2.45) is 0 Å². The van der Waals surface area contributed by atoms with Crippen molar-refractivity contribution >= 4 is 17.3 Å². The summed E-state index contributed by atoms with van der Waals surface area (Å²) in [6.45, 7) is 0.602. The second kappa shape index (κ2) is 7.14. The summed E-state index contributed by atoms with van der Waals surface area (Å²) in [4.78, 5) is 6.62. The fourth-order valence-corrected chi connectivity index (χ4v) is 4.48. The SMILES string of the molecule is OCCN1C(=S)N[C@H](c2ccccn2)[C@@H]1c1ccn(C2CCCC2)c1. The third-order valence-corrected chi connectivity index (χ3v) is 5.72. The molecule has 1 saturated heterocycles. The van der Waals surface area contributed by atoms with Crippen molar-refractivity contribution in [1.82, 2.24) is 19.8 Å². The lowest BCUT2D eigenvalue weighted by molar-refractivity contribution is 0.223. The predicted octanol–water partition coefficient (Wildman–Crippen LogP) is 2.96. The van der Waals surface area contributed by atoms with E-state index in [4.69, 9.17) is 12.2 Å². The molecule has 1 aliphatic carbocycles. The van der Waals surface area contributed by atoms with Crippen molar-refractivity contribution in [2.75, 3.05) is 13.2 Å². The highest BCUT2D eigenvalue weighted by Gasteiger charge is 2.39. The molecule has 25 heavy (non-hydrogen) atoms. The van der Waals surface area contributed by atoms with Gasteiger partial charge in [0.05, 0.1) is 24.4 Å². The molecule has 2 aromatic heterocycles. The summed E-state index contributed by atoms with van der Waals surface area (Å²) in [6.07, 6.45) is 11.4. The average molecular weight is 356 g/mol. The van der Waals surface area contributed by atoms with Gasteiger partial charge in [0, 0.05) is 31.2 Å². The van der Waals surface area contributed by atoms with Crippen LogP contribution in [0.2, 0.25) is 0 Å². The third kappa shape index (κ3) is 3.16. The largest absolute Gasteiger partial charge is 0.395 e. The molecule has 0 spiro atoms. The maximum Gasteiger partial charge on any atom is 0.170 e. The standard InChI is InChI=1S/C19H24N4OS/c24-12-11-23-18(14-8-10-22(13-14)15-5-1-2-6-15)17(21-19(23)25)16-7-3-4-9-20-16/h3-4,7-10,13,15,17-18,24H,1-2,5-6,11-12H2,(H,21,25)/t17-,18+/m1/s1. The van der Waals surface area contributed by atoms with Crippen molar-refractivity contribution in [1.29, 1.82) is 0 Å². The molecule has 2 N–H and O–H groups in total. The average Bonchev–Trinajstić information content (AvgIpc) is 3.36. The summed E-state index contributed by atoms with van der Waals surface area (Å²) in [6, 6.07) is 8.82. The first-order chi connectivity index (χ1) is 12.3. The van der Waals surface area contributed by atoms with Gasteiger partial charge in [-0.25, -0.2) is 0 Å². The third-order valence-electron chi connectivity index (χ3n) is 5.36. The lowest BCUT2D eigenvalue weighted by Gasteiger charge is -2.26. The summed E-state index contributed by atoms with van der Waals surface area (Å²) in [7, 11) is 0. The summed E-state index contributed by atoms with van der Waals surface area (Å²) < 4.78 is 2.36. The van der Waals surface area contributed by atoms with Crippen LogP contribution in [0.25, 0.3) is 0 Å². The Morgan fingerprint density at radius 3 is 2.80 bits per heavy atom. The Balaban J connectivity index is 1.67. The van der Waals surface area contributed by atoms with Crippen molar-refractivity contribution in [3.05, 3.63) is 54.1 Å². The number of hydrogen-bond donors (Lipinski definition) is 2. The molecule has 132 valence electrons.